The minimum atomic E-state index is -4.96. The third-order valence-electron chi connectivity index (χ3n) is 18.9. The lowest BCUT2D eigenvalue weighted by Gasteiger charge is -2.21. The summed E-state index contributed by atoms with van der Waals surface area (Å²) in [6, 6.07) is 0. The SMILES string of the molecule is CCCCCCCCCCCCCCCCCCCC(=O)OC[C@H](COP(=O)(O)OC[C@@H](O)COP(=O)(O)OC[C@@H](COC(=O)CCCCCCCCCCC(C)C)OC(=O)CCCCCCCCCCC(C)C)OC(=O)CCCCCCCCCCCCCCCCCCCCC(C)C. The Bertz CT molecular complexity index is 1940. The van der Waals surface area contributed by atoms with Crippen molar-refractivity contribution in [2.75, 3.05) is 39.6 Å². The lowest BCUT2D eigenvalue weighted by atomic mass is 10.0. The molecule has 0 aromatic rings. The Balaban J connectivity index is 5.22. The number of rotatable bonds is 79. The Kier molecular flexibility index (Phi) is 69.9. The predicted molar refractivity (Wildman–Crippen MR) is 409 cm³/mol. The van der Waals surface area contributed by atoms with Crippen molar-refractivity contribution in [1.82, 2.24) is 0 Å². The summed E-state index contributed by atoms with van der Waals surface area (Å²) in [6.07, 6.45) is 59.9. The van der Waals surface area contributed by atoms with Crippen molar-refractivity contribution < 1.29 is 80.2 Å². The van der Waals surface area contributed by atoms with Gasteiger partial charge in [-0.2, -0.15) is 0 Å². The molecule has 0 fully saturated rings. The molecule has 2 unspecified atom stereocenters. The normalized spacial score (nSPS) is 14.0. The van der Waals surface area contributed by atoms with Crippen molar-refractivity contribution in [3.05, 3.63) is 0 Å². The van der Waals surface area contributed by atoms with Crippen LogP contribution in [0.4, 0.5) is 0 Å². The number of hydrogen-bond donors (Lipinski definition) is 3. The summed E-state index contributed by atoms with van der Waals surface area (Å²) in [6.45, 7) is 11.9. The summed E-state index contributed by atoms with van der Waals surface area (Å²) >= 11 is 0. The molecule has 0 radical (unpaired) electrons. The van der Waals surface area contributed by atoms with Gasteiger partial charge in [0, 0.05) is 25.7 Å². The maximum atomic E-state index is 13.1. The molecule has 0 aliphatic rings. The monoisotopic (exact) mass is 1470 g/mol. The number of unbranched alkanes of at least 4 members (excludes halogenated alkanes) is 47. The molecule has 0 aliphatic heterocycles. The second-order valence-corrected chi connectivity index (χ2v) is 33.5. The van der Waals surface area contributed by atoms with Crippen molar-refractivity contribution >= 4 is 39.5 Å². The molecule has 100 heavy (non-hydrogen) atoms. The molecule has 0 bridgehead atoms. The van der Waals surface area contributed by atoms with Gasteiger partial charge in [0.1, 0.15) is 19.3 Å². The first-order chi connectivity index (χ1) is 48.2. The highest BCUT2D eigenvalue weighted by Crippen LogP contribution is 2.45. The molecular weight excluding hydrogens is 1310 g/mol. The van der Waals surface area contributed by atoms with Crippen LogP contribution in [0.3, 0.4) is 0 Å². The van der Waals surface area contributed by atoms with Crippen LogP contribution in [0.5, 0.6) is 0 Å². The van der Waals surface area contributed by atoms with Crippen molar-refractivity contribution in [3.63, 3.8) is 0 Å². The first-order valence-electron chi connectivity index (χ1n) is 41.8. The number of ether oxygens (including phenoxy) is 4. The van der Waals surface area contributed by atoms with Crippen LogP contribution in [-0.4, -0.2) is 96.7 Å². The quantitative estimate of drug-likeness (QED) is 0.0222. The zero-order chi connectivity index (χ0) is 73.7. The Morgan fingerprint density at radius 1 is 0.270 bits per heavy atom. The van der Waals surface area contributed by atoms with Gasteiger partial charge in [0.2, 0.25) is 0 Å². The van der Waals surface area contributed by atoms with Gasteiger partial charge in [-0.15, -0.1) is 0 Å². The minimum absolute atomic E-state index is 0.104. The minimum Gasteiger partial charge on any atom is -0.462 e. The predicted octanol–water partition coefficient (Wildman–Crippen LogP) is 24.1. The van der Waals surface area contributed by atoms with E-state index < -0.39 is 97.5 Å². The Morgan fingerprint density at radius 2 is 0.460 bits per heavy atom. The van der Waals surface area contributed by atoms with Crippen molar-refractivity contribution in [2.45, 2.75) is 439 Å². The molecule has 0 saturated heterocycles. The molecule has 0 aliphatic carbocycles. The van der Waals surface area contributed by atoms with E-state index in [1.54, 1.807) is 0 Å². The Labute approximate surface area is 613 Å². The zero-order valence-corrected chi connectivity index (χ0v) is 67.5. The van der Waals surface area contributed by atoms with E-state index in [9.17, 15) is 43.2 Å². The van der Waals surface area contributed by atoms with Crippen molar-refractivity contribution in [3.8, 4) is 0 Å². The standard InChI is InChI=1S/C81H158O17P2/c1-8-9-10-11-12-13-14-15-16-19-23-26-29-32-41-48-55-62-78(83)91-68-76(97-80(85)64-57-50-43-33-30-27-24-21-18-17-20-22-25-28-31-38-45-52-59-72(2)3)70-95-99(87,88)93-66-75(82)67-94-100(89,90)96-71-77(98-81(86)65-58-51-44-37-35-40-47-54-61-74(6)7)69-92-79(84)63-56-49-42-36-34-39-46-53-60-73(4)5/h72-77,82H,8-71H2,1-7H3,(H,87,88)(H,89,90)/t75-,76-,77-/m1/s1. The number of hydrogen-bond acceptors (Lipinski definition) is 15. The first kappa shape index (κ1) is 98.1. The van der Waals surface area contributed by atoms with Gasteiger partial charge in [0.25, 0.3) is 0 Å². The number of carbonyl (C=O) groups is 4. The largest absolute Gasteiger partial charge is 0.472 e. The highest BCUT2D eigenvalue weighted by Gasteiger charge is 2.30. The van der Waals surface area contributed by atoms with E-state index in [0.717, 1.165) is 108 Å². The van der Waals surface area contributed by atoms with Gasteiger partial charge in [-0.1, -0.05) is 370 Å². The summed E-state index contributed by atoms with van der Waals surface area (Å²) in [5.41, 5.74) is 0. The molecule has 0 rings (SSSR count). The van der Waals surface area contributed by atoms with Gasteiger partial charge in [-0.25, -0.2) is 9.13 Å². The number of carbonyl (C=O) groups excluding carboxylic acids is 4. The van der Waals surface area contributed by atoms with Crippen LogP contribution in [0.2, 0.25) is 0 Å². The molecule has 0 saturated carbocycles. The van der Waals surface area contributed by atoms with Gasteiger partial charge in [-0.05, 0) is 43.4 Å². The number of phosphoric acid groups is 2. The van der Waals surface area contributed by atoms with Gasteiger partial charge in [0.05, 0.1) is 26.4 Å². The maximum Gasteiger partial charge on any atom is 0.472 e. The van der Waals surface area contributed by atoms with Crippen LogP contribution in [-0.2, 0) is 65.4 Å². The summed E-state index contributed by atoms with van der Waals surface area (Å²) < 4.78 is 68.7. The fourth-order valence-electron chi connectivity index (χ4n) is 12.5. The molecule has 594 valence electrons. The fraction of sp³-hybridized carbons (Fsp3) is 0.951. The second-order valence-electron chi connectivity index (χ2n) is 30.6. The highest BCUT2D eigenvalue weighted by atomic mass is 31.2. The van der Waals surface area contributed by atoms with Crippen molar-refractivity contribution in [1.29, 1.82) is 0 Å². The Morgan fingerprint density at radius 3 is 0.680 bits per heavy atom. The van der Waals surface area contributed by atoms with Gasteiger partial charge in [0.15, 0.2) is 12.2 Å². The lowest BCUT2D eigenvalue weighted by Crippen LogP contribution is -2.30. The summed E-state index contributed by atoms with van der Waals surface area (Å²) in [5.74, 6) is 0.151. The number of aliphatic hydroxyl groups is 1. The molecule has 5 atom stereocenters. The van der Waals surface area contributed by atoms with Crippen LogP contribution in [0, 0.1) is 17.8 Å². The highest BCUT2D eigenvalue weighted by molar-refractivity contribution is 7.47. The average molecular weight is 1470 g/mol. The van der Waals surface area contributed by atoms with Crippen molar-refractivity contribution in [2.24, 2.45) is 17.8 Å². The maximum absolute atomic E-state index is 13.1. The topological polar surface area (TPSA) is 237 Å². The molecular formula is C81H158O17P2. The number of phosphoric ester groups is 2. The van der Waals surface area contributed by atoms with E-state index in [4.69, 9.17) is 37.0 Å². The lowest BCUT2D eigenvalue weighted by molar-refractivity contribution is -0.161. The van der Waals surface area contributed by atoms with Gasteiger partial charge < -0.3 is 33.8 Å². The number of aliphatic hydroxyl groups excluding tert-OH is 1. The van der Waals surface area contributed by atoms with Crippen LogP contribution in [0.15, 0.2) is 0 Å². The van der Waals surface area contributed by atoms with E-state index in [1.165, 1.54) is 231 Å². The Hall–Kier alpha value is -1.94. The average Bonchev–Trinajstić information content (AvgIpc) is 0.980. The molecule has 0 spiro atoms. The third-order valence-corrected chi connectivity index (χ3v) is 20.8. The van der Waals surface area contributed by atoms with Crippen LogP contribution in [0.25, 0.3) is 0 Å². The third kappa shape index (κ3) is 74.3. The van der Waals surface area contributed by atoms with Crippen LogP contribution >= 0.6 is 15.6 Å². The molecule has 17 nitrogen and oxygen atoms in total. The molecule has 3 N–H and O–H groups in total. The molecule has 0 aromatic heterocycles. The van der Waals surface area contributed by atoms with E-state index in [0.29, 0.717) is 25.7 Å². The van der Waals surface area contributed by atoms with Gasteiger partial charge >= 0.3 is 39.5 Å². The van der Waals surface area contributed by atoms with E-state index in [1.807, 2.05) is 0 Å². The second kappa shape index (κ2) is 71.3. The van der Waals surface area contributed by atoms with E-state index >= 15 is 0 Å². The van der Waals surface area contributed by atoms with Crippen LogP contribution < -0.4 is 0 Å². The fourth-order valence-corrected chi connectivity index (χ4v) is 14.1. The summed E-state index contributed by atoms with van der Waals surface area (Å²) in [7, 11) is -9.92. The molecule has 0 aromatic carbocycles. The first-order valence-corrected chi connectivity index (χ1v) is 44.8. The van der Waals surface area contributed by atoms with Gasteiger partial charge in [-0.3, -0.25) is 37.3 Å². The molecule has 19 heteroatoms. The molecule has 0 heterocycles. The number of esters is 4. The smallest absolute Gasteiger partial charge is 0.462 e. The van der Waals surface area contributed by atoms with E-state index in [-0.39, 0.29) is 25.7 Å². The van der Waals surface area contributed by atoms with E-state index in [2.05, 4.69) is 48.5 Å². The zero-order valence-electron chi connectivity index (χ0n) is 65.7. The summed E-state index contributed by atoms with van der Waals surface area (Å²) in [4.78, 5) is 73.0. The summed E-state index contributed by atoms with van der Waals surface area (Å²) in [5, 5.41) is 10.6. The molecule has 0 amide bonds. The van der Waals surface area contributed by atoms with Crippen LogP contribution in [0.1, 0.15) is 421 Å².